The predicted molar refractivity (Wildman–Crippen MR) is 254 cm³/mol. The summed E-state index contributed by atoms with van der Waals surface area (Å²) in [6.07, 6.45) is 8.25. The van der Waals surface area contributed by atoms with E-state index in [-0.39, 0.29) is 28.9 Å². The Morgan fingerprint density at radius 3 is 2.02 bits per heavy atom. The molecule has 0 radical (unpaired) electrons. The van der Waals surface area contributed by atoms with Gasteiger partial charge in [-0.2, -0.15) is 4.58 Å². The van der Waals surface area contributed by atoms with Crippen molar-refractivity contribution in [2.24, 2.45) is 5.92 Å². The third-order valence-corrected chi connectivity index (χ3v) is 14.6. The van der Waals surface area contributed by atoms with E-state index in [1.165, 1.54) is 0 Å². The summed E-state index contributed by atoms with van der Waals surface area (Å²) in [5.41, 5.74) is 10.1. The number of hydrogen-bond donors (Lipinski definition) is 0. The zero-order valence-corrected chi connectivity index (χ0v) is 38.6. The van der Waals surface area contributed by atoms with Gasteiger partial charge in [0.15, 0.2) is 22.4 Å². The number of carbonyl (C=O) groups is 3. The topological polar surface area (TPSA) is 87.0 Å². The highest BCUT2D eigenvalue weighted by Gasteiger charge is 2.46. The van der Waals surface area contributed by atoms with Crippen molar-refractivity contribution < 1.29 is 24.1 Å². The van der Waals surface area contributed by atoms with Gasteiger partial charge in [0.25, 0.3) is 0 Å². The van der Waals surface area contributed by atoms with Crippen molar-refractivity contribution in [1.29, 1.82) is 0 Å². The van der Waals surface area contributed by atoms with Gasteiger partial charge in [0.2, 0.25) is 11.6 Å². The number of ketones is 2. The van der Waals surface area contributed by atoms with Crippen LogP contribution in [0.4, 0.5) is 11.4 Å². The Kier molecular flexibility index (Phi) is 11.9. The second-order valence-electron chi connectivity index (χ2n) is 18.4. The number of hydrogen-bond acceptors (Lipinski definition) is 6. The molecule has 8 nitrogen and oxygen atoms in total. The lowest BCUT2D eigenvalue weighted by Crippen LogP contribution is -2.66. The van der Waals surface area contributed by atoms with Gasteiger partial charge in [-0.05, 0) is 124 Å². The molecule has 8 rings (SSSR count). The molecule has 3 atom stereocenters. The highest BCUT2D eigenvalue weighted by molar-refractivity contribution is 7.80. The molecule has 3 aliphatic heterocycles. The quantitative estimate of drug-likeness (QED) is 0.0846. The smallest absolute Gasteiger partial charge is 0.236 e. The minimum absolute atomic E-state index is 0.00294. The molecule has 0 bridgehead atoms. The first-order valence-electron chi connectivity index (χ1n) is 22.3. The molecule has 4 aliphatic rings. The third-order valence-electron chi connectivity index (χ3n) is 14.2. The summed E-state index contributed by atoms with van der Waals surface area (Å²) in [7, 11) is 4.18. The molecule has 0 aromatic heterocycles. The summed E-state index contributed by atoms with van der Waals surface area (Å²) in [5, 5.41) is 14.9. The fraction of sp³-hybridized carbons (Fsp3) is 0.352. The van der Waals surface area contributed by atoms with Crippen LogP contribution in [0.5, 0.6) is 0 Å². The van der Waals surface area contributed by atoms with Gasteiger partial charge in [0.1, 0.15) is 7.05 Å². The average molecular weight is 859 g/mol. The number of likely N-dealkylation sites (N-methyl/N-ethyl adjacent to an activating group) is 1. The number of allylic oxidation sites excluding steroid dienone is 4. The maximum atomic E-state index is 14.6. The van der Waals surface area contributed by atoms with Crippen LogP contribution < -0.4 is 10.0 Å². The Morgan fingerprint density at radius 2 is 1.41 bits per heavy atom. The molecule has 1 saturated heterocycles. The summed E-state index contributed by atoms with van der Waals surface area (Å²) in [4.78, 5) is 47.3. The molecule has 324 valence electrons. The Bertz CT molecular complexity index is 2640. The van der Waals surface area contributed by atoms with E-state index < -0.39 is 17.6 Å². The van der Waals surface area contributed by atoms with Crippen molar-refractivity contribution in [1.82, 2.24) is 9.80 Å². The molecule has 0 N–H and O–H groups in total. The molecule has 4 aromatic carbocycles. The molecular weight excluding hydrogens is 801 g/mol. The maximum absolute atomic E-state index is 14.6. The summed E-state index contributed by atoms with van der Waals surface area (Å²) in [6, 6.07) is 30.9. The van der Waals surface area contributed by atoms with E-state index in [9.17, 15) is 19.5 Å². The van der Waals surface area contributed by atoms with Crippen LogP contribution in [0.2, 0.25) is 0 Å². The number of benzene rings is 4. The van der Waals surface area contributed by atoms with Crippen molar-refractivity contribution in [2.75, 3.05) is 32.1 Å². The van der Waals surface area contributed by atoms with Crippen LogP contribution in [0.15, 0.2) is 132 Å². The number of rotatable bonds is 11. The first-order valence-corrected chi connectivity index (χ1v) is 22.7. The second kappa shape index (κ2) is 17.1. The molecule has 3 unspecified atom stereocenters. The third kappa shape index (κ3) is 7.53. The van der Waals surface area contributed by atoms with Gasteiger partial charge in [0.05, 0.1) is 11.3 Å². The zero-order chi connectivity index (χ0) is 45.0. The molecule has 9 heteroatoms. The van der Waals surface area contributed by atoms with Crippen LogP contribution in [-0.2, 0) is 15.6 Å². The number of nitrogens with zero attached hydrogens (tertiary/aromatic N) is 4. The van der Waals surface area contributed by atoms with Crippen molar-refractivity contribution in [2.45, 2.75) is 90.3 Å². The molecule has 0 saturated carbocycles. The standard InChI is InChI=1S/C54H58N4O4S/c1-9-57-50(61)47(51(62)58(10-2)52(57)63)46-34(26-30-44-53(3,4)40-32-38(24-28-42(40)55(44)7)48(59)36-18-13-11-14-19-36)22-17-23-35(46)27-31-45-54(5,6)41-33-39(25-29-43(41)56(45)8)49(60)37-20-15-12-16-21-37/h11-16,18-21,24-30,32-33,45,47,50H,9-10,17,22-23,31H2,1-8H3. The Hall–Kier alpha value is -5.77. The molecule has 63 heavy (non-hydrogen) atoms. The molecule has 0 spiro atoms. The predicted octanol–water partition coefficient (Wildman–Crippen LogP) is 9.08. The Balaban J connectivity index is 1.17. The lowest BCUT2D eigenvalue weighted by molar-refractivity contribution is -0.459. The van der Waals surface area contributed by atoms with E-state index in [0.717, 1.165) is 64.2 Å². The van der Waals surface area contributed by atoms with E-state index in [2.05, 4.69) is 81.6 Å². The van der Waals surface area contributed by atoms with Gasteiger partial charge in [0, 0.05) is 77.2 Å². The highest BCUT2D eigenvalue weighted by Crippen LogP contribution is 2.48. The summed E-state index contributed by atoms with van der Waals surface area (Å²) in [5.74, 6) is -1.19. The molecule has 1 fully saturated rings. The number of anilines is 1. The fourth-order valence-electron chi connectivity index (χ4n) is 10.6. The largest absolute Gasteiger partial charge is 0.835 e. The zero-order valence-electron chi connectivity index (χ0n) is 37.8. The molecular formula is C54H58N4O4S. The van der Waals surface area contributed by atoms with Crippen LogP contribution in [0.1, 0.15) is 110 Å². The Labute approximate surface area is 377 Å². The van der Waals surface area contributed by atoms with E-state index in [4.69, 9.17) is 12.2 Å². The van der Waals surface area contributed by atoms with Crippen LogP contribution >= 0.6 is 12.2 Å². The molecule has 3 heterocycles. The summed E-state index contributed by atoms with van der Waals surface area (Å²) >= 11 is 5.74. The number of amides is 1. The van der Waals surface area contributed by atoms with Gasteiger partial charge < -0.3 is 14.9 Å². The first kappa shape index (κ1) is 43.9. The number of carbonyl (C=O) groups excluding carboxylic acids is 3. The first-order chi connectivity index (χ1) is 30.1. The average Bonchev–Trinajstić information content (AvgIpc) is 3.60. The van der Waals surface area contributed by atoms with Crippen molar-refractivity contribution in [3.05, 3.63) is 165 Å². The second-order valence-corrected chi connectivity index (χ2v) is 18.7. The molecule has 4 aromatic rings. The van der Waals surface area contributed by atoms with Crippen molar-refractivity contribution in [3.63, 3.8) is 0 Å². The Morgan fingerprint density at radius 1 is 0.810 bits per heavy atom. The summed E-state index contributed by atoms with van der Waals surface area (Å²) < 4.78 is 2.19. The van der Waals surface area contributed by atoms with E-state index >= 15 is 0 Å². The van der Waals surface area contributed by atoms with Crippen molar-refractivity contribution in [3.8, 4) is 0 Å². The molecule has 1 aliphatic carbocycles. The molecule has 1 amide bonds. The SMILES string of the molecule is CCN1C(=O)C(C2=C(C=CC3=[N+](C)c4ccc(C(=O)c5ccccc5)cc4C3(C)C)CCCC2=CCC2N(C)c3ccc(C(=O)c4ccccc4)cc3C2(C)C)C([O-])N(CC)C1=S. The van der Waals surface area contributed by atoms with Gasteiger partial charge in [-0.3, -0.25) is 19.3 Å². The monoisotopic (exact) mass is 858 g/mol. The van der Waals surface area contributed by atoms with Crippen LogP contribution in [0.3, 0.4) is 0 Å². The summed E-state index contributed by atoms with van der Waals surface area (Å²) in [6.45, 7) is 13.5. The lowest BCUT2D eigenvalue weighted by Gasteiger charge is -2.51. The fourth-order valence-corrected chi connectivity index (χ4v) is 11.1. The van der Waals surface area contributed by atoms with E-state index in [0.29, 0.717) is 46.9 Å². The van der Waals surface area contributed by atoms with Crippen molar-refractivity contribution >= 4 is 51.9 Å². The normalized spacial score (nSPS) is 22.4. The highest BCUT2D eigenvalue weighted by atomic mass is 32.1. The maximum Gasteiger partial charge on any atom is 0.236 e. The van der Waals surface area contributed by atoms with Crippen LogP contribution in [0, 0.1) is 5.92 Å². The lowest BCUT2D eigenvalue weighted by atomic mass is 9.75. The number of thiocarbonyl (C=S) groups is 1. The van der Waals surface area contributed by atoms with Gasteiger partial charge in [-0.1, -0.05) is 86.7 Å². The van der Waals surface area contributed by atoms with Gasteiger partial charge >= 0.3 is 0 Å². The van der Waals surface area contributed by atoms with Gasteiger partial charge in [-0.25, -0.2) is 0 Å². The van der Waals surface area contributed by atoms with E-state index in [1.807, 2.05) is 98.8 Å². The number of fused-ring (bicyclic) bond motifs is 2. The van der Waals surface area contributed by atoms with Gasteiger partial charge in [-0.15, -0.1) is 0 Å². The van der Waals surface area contributed by atoms with Crippen LogP contribution in [0.25, 0.3) is 0 Å². The van der Waals surface area contributed by atoms with Crippen LogP contribution in [-0.4, -0.2) is 82.1 Å². The minimum atomic E-state index is -1.36. The minimum Gasteiger partial charge on any atom is -0.835 e. The van der Waals surface area contributed by atoms with E-state index in [1.54, 1.807) is 9.80 Å².